The van der Waals surface area contributed by atoms with E-state index in [9.17, 15) is 22.4 Å². The Labute approximate surface area is 181 Å². The lowest BCUT2D eigenvalue weighted by Gasteiger charge is -2.12. The summed E-state index contributed by atoms with van der Waals surface area (Å²) >= 11 is 0. The largest absolute Gasteiger partial charge is 0.382 e. The van der Waals surface area contributed by atoms with Crippen LogP contribution in [0, 0.1) is 5.82 Å². The molecule has 0 aliphatic carbocycles. The summed E-state index contributed by atoms with van der Waals surface area (Å²) in [5.74, 6) is -1.34. The van der Waals surface area contributed by atoms with Crippen LogP contribution >= 0.6 is 0 Å². The molecule has 0 saturated heterocycles. The maximum absolute atomic E-state index is 12.9. The summed E-state index contributed by atoms with van der Waals surface area (Å²) in [6.07, 6.45) is 0.521. The Balaban J connectivity index is 1.86. The maximum atomic E-state index is 12.9. The van der Waals surface area contributed by atoms with Crippen LogP contribution < -0.4 is 15.4 Å². The van der Waals surface area contributed by atoms with E-state index in [0.29, 0.717) is 37.4 Å². The quantitative estimate of drug-likeness (QED) is 0.429. The zero-order chi connectivity index (χ0) is 22.7. The third-order valence-corrected chi connectivity index (χ3v) is 5.65. The number of carbonyl (C=O) groups is 2. The second kappa shape index (κ2) is 12.1. The average molecular weight is 452 g/mol. The fourth-order valence-corrected chi connectivity index (χ4v) is 3.65. The lowest BCUT2D eigenvalue weighted by Crippen LogP contribution is -2.29. The Kier molecular flexibility index (Phi) is 9.57. The topological polar surface area (TPSA) is 114 Å². The molecular formula is C21H26FN3O5S. The maximum Gasteiger partial charge on any atom is 0.253 e. The number of hydrogen-bond acceptors (Lipinski definition) is 5. The SMILES string of the molecule is CCOCCCNC(=O)c1ccccc1NC(=O)CCNS(=O)(=O)c1ccc(F)cc1. The number of anilines is 1. The first kappa shape index (κ1) is 24.4. The Bertz CT molecular complexity index is 981. The van der Waals surface area contributed by atoms with E-state index >= 15 is 0 Å². The minimum Gasteiger partial charge on any atom is -0.382 e. The van der Waals surface area contributed by atoms with E-state index in [4.69, 9.17) is 4.74 Å². The summed E-state index contributed by atoms with van der Waals surface area (Å²) in [5, 5.41) is 5.39. The number of sulfonamides is 1. The highest BCUT2D eigenvalue weighted by molar-refractivity contribution is 7.89. The van der Waals surface area contributed by atoms with Crippen LogP contribution in [0.4, 0.5) is 10.1 Å². The molecule has 31 heavy (non-hydrogen) atoms. The van der Waals surface area contributed by atoms with E-state index in [1.54, 1.807) is 24.3 Å². The van der Waals surface area contributed by atoms with Crippen molar-refractivity contribution in [1.82, 2.24) is 10.0 Å². The van der Waals surface area contributed by atoms with E-state index in [-0.39, 0.29) is 23.8 Å². The summed E-state index contributed by atoms with van der Waals surface area (Å²) in [7, 11) is -3.86. The van der Waals surface area contributed by atoms with Crippen molar-refractivity contribution in [2.24, 2.45) is 0 Å². The smallest absolute Gasteiger partial charge is 0.253 e. The lowest BCUT2D eigenvalue weighted by atomic mass is 10.1. The molecule has 0 fully saturated rings. The Morgan fingerprint density at radius 1 is 1.03 bits per heavy atom. The predicted molar refractivity (Wildman–Crippen MR) is 115 cm³/mol. The highest BCUT2D eigenvalue weighted by atomic mass is 32.2. The molecule has 0 spiro atoms. The van der Waals surface area contributed by atoms with Crippen molar-refractivity contribution in [2.75, 3.05) is 31.6 Å². The molecule has 0 aliphatic rings. The van der Waals surface area contributed by atoms with Gasteiger partial charge in [0.2, 0.25) is 15.9 Å². The fraction of sp³-hybridized carbons (Fsp3) is 0.333. The minimum atomic E-state index is -3.86. The number of nitrogens with one attached hydrogen (secondary N) is 3. The number of halogens is 1. The molecule has 0 radical (unpaired) electrons. The zero-order valence-electron chi connectivity index (χ0n) is 17.2. The first-order valence-electron chi connectivity index (χ1n) is 9.83. The molecule has 0 aromatic heterocycles. The van der Waals surface area contributed by atoms with Crippen LogP contribution in [-0.2, 0) is 19.6 Å². The molecule has 10 heteroatoms. The first-order valence-corrected chi connectivity index (χ1v) is 11.3. The van der Waals surface area contributed by atoms with Gasteiger partial charge in [0, 0.05) is 32.7 Å². The van der Waals surface area contributed by atoms with E-state index in [2.05, 4.69) is 15.4 Å². The number of ether oxygens (including phenoxy) is 1. The van der Waals surface area contributed by atoms with Crippen molar-refractivity contribution in [2.45, 2.75) is 24.7 Å². The van der Waals surface area contributed by atoms with Crippen LogP contribution in [0.25, 0.3) is 0 Å². The number of para-hydroxylation sites is 1. The van der Waals surface area contributed by atoms with Gasteiger partial charge in [0.1, 0.15) is 5.82 Å². The third-order valence-electron chi connectivity index (χ3n) is 4.17. The van der Waals surface area contributed by atoms with Crippen molar-refractivity contribution in [3.63, 3.8) is 0 Å². The van der Waals surface area contributed by atoms with Gasteiger partial charge in [-0.25, -0.2) is 17.5 Å². The molecule has 0 aliphatic heterocycles. The first-order chi connectivity index (χ1) is 14.8. The Hall–Kier alpha value is -2.82. The molecule has 0 unspecified atom stereocenters. The summed E-state index contributed by atoms with van der Waals surface area (Å²) in [5.41, 5.74) is 0.635. The van der Waals surface area contributed by atoms with Crippen LogP contribution in [0.3, 0.4) is 0 Å². The van der Waals surface area contributed by atoms with E-state index < -0.39 is 21.7 Å². The normalized spacial score (nSPS) is 11.2. The Morgan fingerprint density at radius 3 is 2.45 bits per heavy atom. The van der Waals surface area contributed by atoms with Crippen LogP contribution in [0.1, 0.15) is 30.1 Å². The van der Waals surface area contributed by atoms with Crippen LogP contribution in [0.15, 0.2) is 53.4 Å². The molecule has 0 atom stereocenters. The molecule has 2 rings (SSSR count). The van der Waals surface area contributed by atoms with Gasteiger partial charge in [-0.2, -0.15) is 0 Å². The van der Waals surface area contributed by atoms with E-state index in [1.165, 1.54) is 0 Å². The Morgan fingerprint density at radius 2 is 1.74 bits per heavy atom. The fourth-order valence-electron chi connectivity index (χ4n) is 2.61. The zero-order valence-corrected chi connectivity index (χ0v) is 18.0. The number of benzene rings is 2. The summed E-state index contributed by atoms with van der Waals surface area (Å²) < 4.78 is 44.8. The second-order valence-corrected chi connectivity index (χ2v) is 8.27. The summed E-state index contributed by atoms with van der Waals surface area (Å²) in [6, 6.07) is 10.9. The summed E-state index contributed by atoms with van der Waals surface area (Å²) in [6.45, 7) is 3.33. The molecule has 0 saturated carbocycles. The molecular weight excluding hydrogens is 425 g/mol. The molecule has 168 valence electrons. The third kappa shape index (κ3) is 8.08. The average Bonchev–Trinajstić information content (AvgIpc) is 2.74. The second-order valence-electron chi connectivity index (χ2n) is 6.50. The number of hydrogen-bond donors (Lipinski definition) is 3. The highest BCUT2D eigenvalue weighted by Crippen LogP contribution is 2.15. The number of amides is 2. The number of rotatable bonds is 12. The van der Waals surface area contributed by atoms with Crippen molar-refractivity contribution in [3.8, 4) is 0 Å². The van der Waals surface area contributed by atoms with Gasteiger partial charge in [0.15, 0.2) is 0 Å². The molecule has 2 aromatic rings. The molecule has 0 heterocycles. The van der Waals surface area contributed by atoms with Gasteiger partial charge in [-0.15, -0.1) is 0 Å². The van der Waals surface area contributed by atoms with Crippen molar-refractivity contribution < 1.29 is 27.1 Å². The lowest BCUT2D eigenvalue weighted by molar-refractivity contribution is -0.116. The molecule has 8 nitrogen and oxygen atoms in total. The van der Waals surface area contributed by atoms with Gasteiger partial charge in [-0.1, -0.05) is 12.1 Å². The number of carbonyl (C=O) groups excluding carboxylic acids is 2. The van der Waals surface area contributed by atoms with Gasteiger partial charge in [0.05, 0.1) is 16.1 Å². The van der Waals surface area contributed by atoms with Crippen LogP contribution in [-0.4, -0.2) is 46.5 Å². The molecule has 2 amide bonds. The van der Waals surface area contributed by atoms with Gasteiger partial charge < -0.3 is 15.4 Å². The molecule has 2 aromatic carbocycles. The summed E-state index contributed by atoms with van der Waals surface area (Å²) in [4.78, 5) is 24.5. The van der Waals surface area contributed by atoms with Gasteiger partial charge in [-0.3, -0.25) is 9.59 Å². The van der Waals surface area contributed by atoms with Gasteiger partial charge in [-0.05, 0) is 49.7 Å². The van der Waals surface area contributed by atoms with Crippen LogP contribution in [0.5, 0.6) is 0 Å². The van der Waals surface area contributed by atoms with E-state index in [0.717, 1.165) is 24.3 Å². The van der Waals surface area contributed by atoms with Crippen molar-refractivity contribution in [1.29, 1.82) is 0 Å². The standard InChI is InChI=1S/C21H26FN3O5S/c1-2-30-15-5-13-23-21(27)18-6-3-4-7-19(18)25-20(26)12-14-24-31(28,29)17-10-8-16(22)9-11-17/h3-4,6-11,24H,2,5,12-15H2,1H3,(H,23,27)(H,25,26). The van der Waals surface area contributed by atoms with Gasteiger partial charge >= 0.3 is 0 Å². The van der Waals surface area contributed by atoms with Crippen LogP contribution in [0.2, 0.25) is 0 Å². The molecule has 0 bridgehead atoms. The highest BCUT2D eigenvalue weighted by Gasteiger charge is 2.16. The molecule has 3 N–H and O–H groups in total. The van der Waals surface area contributed by atoms with E-state index in [1.807, 2.05) is 6.92 Å². The minimum absolute atomic E-state index is 0.0966. The van der Waals surface area contributed by atoms with Crippen molar-refractivity contribution in [3.05, 3.63) is 59.9 Å². The van der Waals surface area contributed by atoms with Gasteiger partial charge in [0.25, 0.3) is 5.91 Å². The predicted octanol–water partition coefficient (Wildman–Crippen LogP) is 2.29. The monoisotopic (exact) mass is 451 g/mol. The van der Waals surface area contributed by atoms with Crippen molar-refractivity contribution >= 4 is 27.5 Å².